The van der Waals surface area contributed by atoms with Gasteiger partial charge in [-0.1, -0.05) is 6.92 Å². The fourth-order valence-electron chi connectivity index (χ4n) is 1.81. The molecule has 4 atom stereocenters. The van der Waals surface area contributed by atoms with Crippen molar-refractivity contribution in [3.05, 3.63) is 0 Å². The summed E-state index contributed by atoms with van der Waals surface area (Å²) in [7, 11) is -6.34. The van der Waals surface area contributed by atoms with Crippen molar-refractivity contribution in [3.8, 4) is 0 Å². The lowest BCUT2D eigenvalue weighted by molar-refractivity contribution is -0.147. The van der Waals surface area contributed by atoms with Crippen LogP contribution in [0.15, 0.2) is 0 Å². The zero-order chi connectivity index (χ0) is 20.7. The second-order valence-corrected chi connectivity index (χ2v) is 10.2. The number of halogens is 1. The maximum Gasteiger partial charge on any atom is 0.346 e. The lowest BCUT2D eigenvalue weighted by Gasteiger charge is -2.21. The second kappa shape index (κ2) is 10.7. The Morgan fingerprint density at radius 2 is 1.42 bits per heavy atom. The van der Waals surface area contributed by atoms with E-state index in [-0.39, 0.29) is 12.8 Å². The maximum absolute atomic E-state index is 12.3. The molecule has 0 aromatic heterocycles. The van der Waals surface area contributed by atoms with Gasteiger partial charge in [0.1, 0.15) is 0 Å². The average molecular weight is 530 g/mol. The molecule has 0 bridgehead atoms. The van der Waals surface area contributed by atoms with Crippen LogP contribution in [-0.2, 0) is 47.7 Å². The van der Waals surface area contributed by atoms with E-state index in [1.165, 1.54) is 43.4 Å². The van der Waals surface area contributed by atoms with E-state index in [2.05, 4.69) is 9.47 Å². The molecule has 0 saturated carbocycles. The minimum Gasteiger partial charge on any atom is -0.467 e. The molecule has 0 aromatic rings. The van der Waals surface area contributed by atoms with Crippen molar-refractivity contribution in [1.82, 2.24) is 0 Å². The highest BCUT2D eigenvalue weighted by Crippen LogP contribution is 2.22. The van der Waals surface area contributed by atoms with Crippen molar-refractivity contribution in [1.29, 1.82) is 0 Å². The number of carbonyl (C=O) groups excluding carboxylic acids is 2. The van der Waals surface area contributed by atoms with Crippen LogP contribution in [0.4, 0.5) is 0 Å². The topological polar surface area (TPSA) is 139 Å². The fraction of sp³-hybridized carbons (Fsp3) is 0.846. The lowest BCUT2D eigenvalue weighted by Crippen LogP contribution is -2.36. The number of alkyl halides is 1. The van der Waals surface area contributed by atoms with Gasteiger partial charge >= 0.3 is 11.9 Å². The summed E-state index contributed by atoms with van der Waals surface area (Å²) in [4.78, 5) is 22.6. The first kappa shape index (κ1) is 25.5. The number of hydrogen-bond acceptors (Lipinski definition) is 10. The quantitative estimate of drug-likeness (QED) is 0.163. The molecule has 0 N–H and O–H groups in total. The van der Waals surface area contributed by atoms with E-state index in [9.17, 15) is 26.4 Å². The zero-order valence-corrected chi connectivity index (χ0v) is 18.8. The molecule has 0 aliphatic rings. The summed E-state index contributed by atoms with van der Waals surface area (Å²) < 4.78 is 65.8. The van der Waals surface area contributed by atoms with Crippen molar-refractivity contribution >= 4 is 54.8 Å². The molecular formula is C13H23IO10S2. The Labute approximate surface area is 167 Å². The van der Waals surface area contributed by atoms with Gasteiger partial charge in [0.25, 0.3) is 20.2 Å². The molecule has 4 unspecified atom stereocenters. The molecule has 0 aromatic carbocycles. The molecular weight excluding hydrogens is 507 g/mol. The molecule has 0 aliphatic heterocycles. The summed E-state index contributed by atoms with van der Waals surface area (Å²) in [6.45, 7) is 3.98. The maximum atomic E-state index is 12.3. The third-order valence-corrected chi connectivity index (χ3v) is 8.01. The first-order valence-electron chi connectivity index (χ1n) is 7.46. The predicted octanol–water partition coefficient (Wildman–Crippen LogP) is 0.732. The summed E-state index contributed by atoms with van der Waals surface area (Å²) in [5.74, 6) is -1.77. The highest BCUT2D eigenvalue weighted by molar-refractivity contribution is 14.1. The van der Waals surface area contributed by atoms with Gasteiger partial charge < -0.3 is 9.47 Å². The minimum atomic E-state index is -4.25. The van der Waals surface area contributed by atoms with Crippen molar-refractivity contribution in [2.45, 2.75) is 54.3 Å². The van der Waals surface area contributed by atoms with Gasteiger partial charge in [0.2, 0.25) is 4.11 Å². The van der Waals surface area contributed by atoms with Crippen LogP contribution < -0.4 is 0 Å². The molecule has 26 heavy (non-hydrogen) atoms. The van der Waals surface area contributed by atoms with Gasteiger partial charge in [0.05, 0.1) is 24.7 Å². The van der Waals surface area contributed by atoms with Crippen LogP contribution >= 0.6 is 22.6 Å². The van der Waals surface area contributed by atoms with Gasteiger partial charge in [-0.15, -0.1) is 0 Å². The molecule has 0 fully saturated rings. The Morgan fingerprint density at radius 3 is 1.85 bits per heavy atom. The number of carbonyl (C=O) groups is 2. The molecule has 0 saturated heterocycles. The summed E-state index contributed by atoms with van der Waals surface area (Å²) in [6.07, 6.45) is -1.67. The predicted molar refractivity (Wildman–Crippen MR) is 99.5 cm³/mol. The van der Waals surface area contributed by atoms with Crippen molar-refractivity contribution in [2.24, 2.45) is 0 Å². The number of rotatable bonds is 11. The van der Waals surface area contributed by atoms with Crippen LogP contribution in [0.5, 0.6) is 0 Å². The first-order chi connectivity index (χ1) is 11.8. The summed E-state index contributed by atoms with van der Waals surface area (Å²) in [5.41, 5.74) is 0. The largest absolute Gasteiger partial charge is 0.467 e. The van der Waals surface area contributed by atoms with E-state index in [1.54, 1.807) is 0 Å². The van der Waals surface area contributed by atoms with Crippen LogP contribution in [0.2, 0.25) is 0 Å². The third kappa shape index (κ3) is 7.62. The van der Waals surface area contributed by atoms with E-state index < -0.39 is 52.9 Å². The molecule has 154 valence electrons. The van der Waals surface area contributed by atoms with Gasteiger partial charge in [0.15, 0.2) is 6.10 Å². The average Bonchev–Trinajstić information content (AvgIpc) is 2.56. The number of methoxy groups -OCH3 is 2. The van der Waals surface area contributed by atoms with Crippen LogP contribution in [0.25, 0.3) is 0 Å². The fourth-order valence-corrected chi connectivity index (χ4v) is 5.59. The van der Waals surface area contributed by atoms with Gasteiger partial charge in [-0.2, -0.15) is 16.8 Å². The number of hydrogen-bond donors (Lipinski definition) is 0. The standard InChI is InChI=1S/C13H23IO10S2/c1-6-10(26(19,20)23-9(3)12(15)21-4)7-8(2)25(17,18)24-11(14)13(16)22-5/h8-11H,6-7H2,1-5H3. The Balaban J connectivity index is 5.19. The van der Waals surface area contributed by atoms with Crippen LogP contribution in [-0.4, -0.2) is 63.7 Å². The Bertz CT molecular complexity index is 688. The number of esters is 2. The Kier molecular flexibility index (Phi) is 10.5. The monoisotopic (exact) mass is 530 g/mol. The van der Waals surface area contributed by atoms with Crippen LogP contribution in [0.1, 0.15) is 33.6 Å². The van der Waals surface area contributed by atoms with E-state index in [4.69, 9.17) is 8.37 Å². The van der Waals surface area contributed by atoms with Gasteiger partial charge in [-0.25, -0.2) is 13.8 Å². The van der Waals surface area contributed by atoms with Gasteiger partial charge in [-0.3, -0.25) is 4.18 Å². The molecule has 0 rings (SSSR count). The lowest BCUT2D eigenvalue weighted by atomic mass is 10.2. The normalized spacial score (nSPS) is 17.0. The molecule has 0 heterocycles. The van der Waals surface area contributed by atoms with Crippen molar-refractivity contribution < 1.29 is 44.3 Å². The smallest absolute Gasteiger partial charge is 0.346 e. The van der Waals surface area contributed by atoms with E-state index >= 15 is 0 Å². The van der Waals surface area contributed by atoms with Gasteiger partial charge in [0, 0.05) is 0 Å². The number of ether oxygens (including phenoxy) is 2. The molecule has 0 spiro atoms. The summed E-state index contributed by atoms with van der Waals surface area (Å²) >= 11 is 1.44. The van der Waals surface area contributed by atoms with E-state index in [0.717, 1.165) is 14.2 Å². The molecule has 0 radical (unpaired) electrons. The summed E-state index contributed by atoms with van der Waals surface area (Å²) in [5, 5.41) is -2.45. The minimum absolute atomic E-state index is 0.0424. The van der Waals surface area contributed by atoms with E-state index in [1.807, 2.05) is 0 Å². The Morgan fingerprint density at radius 1 is 0.923 bits per heavy atom. The van der Waals surface area contributed by atoms with Crippen LogP contribution in [0.3, 0.4) is 0 Å². The Hall–Kier alpha value is -0.510. The van der Waals surface area contributed by atoms with E-state index in [0.29, 0.717) is 0 Å². The SMILES string of the molecule is CCC(CC(C)S(=O)(=O)OC(I)C(=O)OC)S(=O)(=O)OC(C)C(=O)OC. The molecule has 13 heteroatoms. The molecule has 0 amide bonds. The van der Waals surface area contributed by atoms with Crippen molar-refractivity contribution in [3.63, 3.8) is 0 Å². The van der Waals surface area contributed by atoms with Crippen molar-refractivity contribution in [2.75, 3.05) is 14.2 Å². The van der Waals surface area contributed by atoms with Crippen LogP contribution in [0, 0.1) is 0 Å². The first-order valence-corrected chi connectivity index (χ1v) is 11.6. The molecule has 0 aliphatic carbocycles. The highest BCUT2D eigenvalue weighted by Gasteiger charge is 2.36. The summed E-state index contributed by atoms with van der Waals surface area (Å²) in [6, 6.07) is 0. The van der Waals surface area contributed by atoms with Gasteiger partial charge in [-0.05, 0) is 49.3 Å². The zero-order valence-electron chi connectivity index (χ0n) is 15.0. The second-order valence-electron chi connectivity index (χ2n) is 5.26. The molecule has 10 nitrogen and oxygen atoms in total. The third-order valence-electron chi connectivity index (χ3n) is 3.37. The highest BCUT2D eigenvalue weighted by atomic mass is 127.